The topological polar surface area (TPSA) is 45.7 Å². The Hall–Kier alpha value is -0.830. The molecule has 4 nitrogen and oxygen atoms in total. The number of halogens is 4. The summed E-state index contributed by atoms with van der Waals surface area (Å²) >= 11 is 5.91. The van der Waals surface area contributed by atoms with E-state index in [4.69, 9.17) is 11.6 Å². The monoisotopic (exact) mass is 459 g/mol. The van der Waals surface area contributed by atoms with Crippen molar-refractivity contribution in [2.75, 3.05) is 13.6 Å². The van der Waals surface area contributed by atoms with E-state index in [1.807, 2.05) is 0 Å². The third-order valence-electron chi connectivity index (χ3n) is 3.45. The van der Waals surface area contributed by atoms with Crippen molar-refractivity contribution in [1.29, 1.82) is 0 Å². The Balaban J connectivity index is 0.00000264. The summed E-state index contributed by atoms with van der Waals surface area (Å²) in [4.78, 5) is 4.11. The van der Waals surface area contributed by atoms with E-state index in [9.17, 15) is 8.78 Å². The summed E-state index contributed by atoms with van der Waals surface area (Å²) in [5.74, 6) is 1.58. The quantitative estimate of drug-likeness (QED) is 0.368. The Morgan fingerprint density at radius 2 is 2.13 bits per heavy atom. The van der Waals surface area contributed by atoms with E-state index in [0.717, 1.165) is 18.9 Å². The molecular weight excluding hydrogens is 439 g/mol. The summed E-state index contributed by atoms with van der Waals surface area (Å²) < 4.78 is 29.3. The SMILES string of the molecule is CN=C(NCCC1CC1)NCc1cc(Cl)ccc1OC(F)F.I. The van der Waals surface area contributed by atoms with Gasteiger partial charge in [-0.05, 0) is 30.5 Å². The van der Waals surface area contributed by atoms with E-state index in [-0.39, 0.29) is 29.7 Å². The van der Waals surface area contributed by atoms with Crippen LogP contribution in [0.25, 0.3) is 0 Å². The van der Waals surface area contributed by atoms with Crippen molar-refractivity contribution in [3.63, 3.8) is 0 Å². The molecule has 23 heavy (non-hydrogen) atoms. The van der Waals surface area contributed by atoms with E-state index < -0.39 is 6.61 Å². The maximum absolute atomic E-state index is 12.4. The van der Waals surface area contributed by atoms with Gasteiger partial charge in [0, 0.05) is 30.7 Å². The van der Waals surface area contributed by atoms with Gasteiger partial charge in [-0.25, -0.2) is 0 Å². The maximum atomic E-state index is 12.4. The van der Waals surface area contributed by atoms with Crippen LogP contribution in [0.1, 0.15) is 24.8 Å². The van der Waals surface area contributed by atoms with Gasteiger partial charge in [-0.3, -0.25) is 4.99 Å². The molecule has 130 valence electrons. The summed E-state index contributed by atoms with van der Waals surface area (Å²) in [6.07, 6.45) is 3.74. The highest BCUT2D eigenvalue weighted by atomic mass is 127. The number of rotatable bonds is 7. The number of hydrogen-bond acceptors (Lipinski definition) is 2. The van der Waals surface area contributed by atoms with E-state index in [0.29, 0.717) is 23.1 Å². The van der Waals surface area contributed by atoms with E-state index in [1.165, 1.54) is 25.0 Å². The standard InChI is InChI=1S/C15H20ClF2N3O.HI/c1-19-15(20-7-6-10-2-3-10)21-9-11-8-12(16)4-5-13(11)22-14(17)18;/h4-5,8,10,14H,2-3,6-7,9H2,1H3,(H2,19,20,21);1H. The smallest absolute Gasteiger partial charge is 0.387 e. The fraction of sp³-hybridized carbons (Fsp3) is 0.533. The second-order valence-corrected chi connectivity index (χ2v) is 5.65. The molecule has 0 radical (unpaired) electrons. The molecule has 0 aromatic heterocycles. The predicted molar refractivity (Wildman–Crippen MR) is 99.0 cm³/mol. The number of nitrogens with one attached hydrogen (secondary N) is 2. The van der Waals surface area contributed by atoms with Crippen molar-refractivity contribution in [2.24, 2.45) is 10.9 Å². The number of hydrogen-bond donors (Lipinski definition) is 2. The normalized spacial score (nSPS) is 14.4. The minimum Gasteiger partial charge on any atom is -0.434 e. The molecule has 1 saturated carbocycles. The van der Waals surface area contributed by atoms with Gasteiger partial charge < -0.3 is 15.4 Å². The lowest BCUT2D eigenvalue weighted by atomic mass is 10.2. The Kier molecular flexibility index (Phi) is 8.90. The molecule has 0 spiro atoms. The number of aliphatic imine (C=N–C) groups is 1. The van der Waals surface area contributed by atoms with Gasteiger partial charge in [0.1, 0.15) is 5.75 Å². The molecule has 0 heterocycles. The van der Waals surface area contributed by atoms with Crippen molar-refractivity contribution in [1.82, 2.24) is 10.6 Å². The first-order valence-electron chi connectivity index (χ1n) is 7.26. The first-order chi connectivity index (χ1) is 10.6. The summed E-state index contributed by atoms with van der Waals surface area (Å²) in [5, 5.41) is 6.75. The lowest BCUT2D eigenvalue weighted by Gasteiger charge is -2.14. The third-order valence-corrected chi connectivity index (χ3v) is 3.69. The summed E-state index contributed by atoms with van der Waals surface area (Å²) in [5.41, 5.74) is 0.554. The zero-order valence-electron chi connectivity index (χ0n) is 12.8. The van der Waals surface area contributed by atoms with E-state index in [1.54, 1.807) is 13.1 Å². The summed E-state index contributed by atoms with van der Waals surface area (Å²) in [7, 11) is 1.67. The van der Waals surface area contributed by atoms with Crippen molar-refractivity contribution >= 4 is 41.5 Å². The molecule has 0 amide bonds. The maximum Gasteiger partial charge on any atom is 0.387 e. The van der Waals surface area contributed by atoms with Gasteiger partial charge in [0.2, 0.25) is 0 Å². The number of nitrogens with zero attached hydrogens (tertiary/aromatic N) is 1. The molecular formula is C15H21ClF2IN3O. The first kappa shape index (κ1) is 20.2. The molecule has 1 aliphatic rings. The lowest BCUT2D eigenvalue weighted by Crippen LogP contribution is -2.37. The van der Waals surface area contributed by atoms with E-state index >= 15 is 0 Å². The fourth-order valence-corrected chi connectivity index (χ4v) is 2.29. The van der Waals surface area contributed by atoms with Gasteiger partial charge in [-0.1, -0.05) is 24.4 Å². The average Bonchev–Trinajstić information content (AvgIpc) is 3.29. The molecule has 1 aliphatic carbocycles. The highest BCUT2D eigenvalue weighted by Gasteiger charge is 2.20. The lowest BCUT2D eigenvalue weighted by molar-refractivity contribution is -0.0504. The largest absolute Gasteiger partial charge is 0.434 e. The molecule has 1 aromatic carbocycles. The molecule has 0 unspecified atom stereocenters. The predicted octanol–water partition coefficient (Wildman–Crippen LogP) is 4.02. The Morgan fingerprint density at radius 3 is 2.74 bits per heavy atom. The molecule has 1 aromatic rings. The summed E-state index contributed by atoms with van der Waals surface area (Å²) in [6.45, 7) is -1.72. The molecule has 2 N–H and O–H groups in total. The zero-order valence-corrected chi connectivity index (χ0v) is 15.9. The molecule has 0 aliphatic heterocycles. The molecule has 0 saturated heterocycles. The van der Waals surface area contributed by atoms with Crippen molar-refractivity contribution < 1.29 is 13.5 Å². The Morgan fingerprint density at radius 1 is 1.39 bits per heavy atom. The first-order valence-corrected chi connectivity index (χ1v) is 7.64. The highest BCUT2D eigenvalue weighted by molar-refractivity contribution is 14.0. The number of benzene rings is 1. The van der Waals surface area contributed by atoms with Gasteiger partial charge in [0.25, 0.3) is 0 Å². The second-order valence-electron chi connectivity index (χ2n) is 5.22. The average molecular weight is 460 g/mol. The van der Waals surface area contributed by atoms with Gasteiger partial charge in [-0.2, -0.15) is 8.78 Å². The van der Waals surface area contributed by atoms with Crippen molar-refractivity contribution in [2.45, 2.75) is 32.4 Å². The molecule has 2 rings (SSSR count). The van der Waals surface area contributed by atoms with Crippen LogP contribution in [0.5, 0.6) is 5.75 Å². The number of guanidine groups is 1. The zero-order chi connectivity index (χ0) is 15.9. The molecule has 0 atom stereocenters. The van der Waals surface area contributed by atoms with Crippen LogP contribution in [0.4, 0.5) is 8.78 Å². The van der Waals surface area contributed by atoms with E-state index in [2.05, 4.69) is 20.4 Å². The summed E-state index contributed by atoms with van der Waals surface area (Å²) in [6, 6.07) is 4.56. The highest BCUT2D eigenvalue weighted by Crippen LogP contribution is 2.31. The molecule has 8 heteroatoms. The van der Waals surface area contributed by atoms with Gasteiger partial charge in [0.05, 0.1) is 0 Å². The Bertz CT molecular complexity index is 527. The van der Waals surface area contributed by atoms with Crippen LogP contribution in [-0.2, 0) is 6.54 Å². The van der Waals surface area contributed by atoms with Crippen molar-refractivity contribution in [3.8, 4) is 5.75 Å². The van der Waals surface area contributed by atoms with Gasteiger partial charge in [-0.15, -0.1) is 24.0 Å². The fourth-order valence-electron chi connectivity index (χ4n) is 2.10. The van der Waals surface area contributed by atoms with Crippen LogP contribution in [0.3, 0.4) is 0 Å². The number of ether oxygens (including phenoxy) is 1. The Labute approximate surface area is 157 Å². The van der Waals surface area contributed by atoms with Crippen LogP contribution in [-0.4, -0.2) is 26.2 Å². The van der Waals surface area contributed by atoms with Crippen LogP contribution in [0, 0.1) is 5.92 Å². The number of alkyl halides is 2. The minimum atomic E-state index is -2.86. The minimum absolute atomic E-state index is 0. The van der Waals surface area contributed by atoms with Crippen LogP contribution >= 0.6 is 35.6 Å². The molecule has 1 fully saturated rings. The van der Waals surface area contributed by atoms with Crippen LogP contribution in [0.15, 0.2) is 23.2 Å². The van der Waals surface area contributed by atoms with Gasteiger partial charge >= 0.3 is 6.61 Å². The van der Waals surface area contributed by atoms with Crippen LogP contribution in [0.2, 0.25) is 5.02 Å². The van der Waals surface area contributed by atoms with Crippen LogP contribution < -0.4 is 15.4 Å². The van der Waals surface area contributed by atoms with Crippen molar-refractivity contribution in [3.05, 3.63) is 28.8 Å². The second kappa shape index (κ2) is 10.1. The van der Waals surface area contributed by atoms with Gasteiger partial charge in [0.15, 0.2) is 5.96 Å². The third kappa shape index (κ3) is 7.52. The molecule has 0 bridgehead atoms.